The lowest BCUT2D eigenvalue weighted by Crippen LogP contribution is -2.41. The van der Waals surface area contributed by atoms with Gasteiger partial charge in [0, 0.05) is 11.8 Å². The van der Waals surface area contributed by atoms with Crippen LogP contribution >= 0.6 is 31.1 Å². The van der Waals surface area contributed by atoms with Gasteiger partial charge in [-0.05, 0) is 41.5 Å². The van der Waals surface area contributed by atoms with Crippen LogP contribution in [-0.2, 0) is 32.7 Å². The van der Waals surface area contributed by atoms with Crippen molar-refractivity contribution in [3.8, 4) is 0 Å². The highest BCUT2D eigenvalue weighted by Gasteiger charge is 2.50. The maximum Gasteiger partial charge on any atom is 0.406 e. The zero-order valence-electron chi connectivity index (χ0n) is 19.8. The number of carbonyl (C=O) groups excluding carboxylic acids is 2. The van der Waals surface area contributed by atoms with Gasteiger partial charge in [-0.2, -0.15) is 0 Å². The molecular formula is C19H34BClNO9PS. The fourth-order valence-corrected chi connectivity index (χ4v) is 5.12. The number of rotatable bonds is 13. The molecule has 10 nitrogen and oxygen atoms in total. The van der Waals surface area contributed by atoms with Gasteiger partial charge in [0.2, 0.25) is 0 Å². The Labute approximate surface area is 205 Å². The molecule has 3 N–H and O–H groups in total. The van der Waals surface area contributed by atoms with Crippen molar-refractivity contribution in [2.75, 3.05) is 25.6 Å². The van der Waals surface area contributed by atoms with Crippen molar-refractivity contribution in [3.05, 3.63) is 0 Å². The molecule has 1 aliphatic heterocycles. The van der Waals surface area contributed by atoms with Gasteiger partial charge in [-0.25, -0.2) is 9.65 Å². The van der Waals surface area contributed by atoms with Crippen LogP contribution in [0.5, 0.6) is 0 Å². The number of esters is 1. The summed E-state index contributed by atoms with van der Waals surface area (Å²) in [5, 5.41) is 21.8. The lowest BCUT2D eigenvalue weighted by atomic mass is 9.85. The number of hydrogen-bond donors (Lipinski definition) is 3. The largest absolute Gasteiger partial charge is 0.462 e. The Kier molecular flexibility index (Phi) is 11.9. The van der Waals surface area contributed by atoms with Crippen LogP contribution in [0.2, 0.25) is 0 Å². The SMILES string of the molecule is [B][C@@H]1O[C@H](COP(=O)(N[C@H](C)C(=O)OC(C)C)OCCSC(=O)C(C)(C)CO)[C@@H](O)[C@@]1(C)Cl. The summed E-state index contributed by atoms with van der Waals surface area (Å²) < 4.78 is 34.6. The monoisotopic (exact) mass is 529 g/mol. The van der Waals surface area contributed by atoms with E-state index in [2.05, 4.69) is 5.09 Å². The molecule has 0 aliphatic carbocycles. The molecule has 1 unspecified atom stereocenters. The highest BCUT2D eigenvalue weighted by Crippen LogP contribution is 2.46. The molecule has 1 saturated heterocycles. The predicted molar refractivity (Wildman–Crippen MR) is 126 cm³/mol. The van der Waals surface area contributed by atoms with Crippen LogP contribution in [0.4, 0.5) is 0 Å². The Bertz CT molecular complexity index is 727. The van der Waals surface area contributed by atoms with Crippen molar-refractivity contribution < 1.29 is 42.9 Å². The van der Waals surface area contributed by atoms with Gasteiger partial charge in [0.15, 0.2) is 5.12 Å². The molecule has 0 bridgehead atoms. The normalized spacial score (nSPS) is 28.5. The quantitative estimate of drug-likeness (QED) is 0.105. The van der Waals surface area contributed by atoms with Crippen LogP contribution in [0.1, 0.15) is 41.5 Å². The summed E-state index contributed by atoms with van der Waals surface area (Å²) in [6, 6.07) is -2.02. The van der Waals surface area contributed by atoms with E-state index in [0.717, 1.165) is 11.8 Å². The van der Waals surface area contributed by atoms with Crippen molar-refractivity contribution in [2.45, 2.75) is 76.8 Å². The molecule has 190 valence electrons. The number of carbonyl (C=O) groups is 2. The molecule has 0 aromatic rings. The fourth-order valence-electron chi connectivity index (χ4n) is 2.52. The first-order valence-electron chi connectivity index (χ1n) is 10.5. The predicted octanol–water partition coefficient (Wildman–Crippen LogP) is 1.59. The molecule has 6 atom stereocenters. The maximum atomic E-state index is 13.3. The number of aliphatic hydroxyl groups excluding tert-OH is 2. The Balaban J connectivity index is 2.80. The van der Waals surface area contributed by atoms with E-state index in [4.69, 9.17) is 38.0 Å². The molecule has 1 heterocycles. The summed E-state index contributed by atoms with van der Waals surface area (Å²) in [5.74, 6) is -0.547. The minimum atomic E-state index is -4.12. The molecular weight excluding hydrogens is 496 g/mol. The Morgan fingerprint density at radius 2 is 1.94 bits per heavy atom. The third-order valence-corrected chi connectivity index (χ3v) is 8.14. The standard InChI is InChI=1S/C19H34BClNO9PS/c1-11(2)30-15(25)12(3)22-32(27,28-7-8-33-17(26)18(4,5)10-23)29-9-13-14(24)19(6,21)16(20)31-13/h11-14,16,23-24H,7-10H2,1-6H3,(H,22,27)/t12-,13-,14-,16-,19-,32?/m1/s1. The minimum absolute atomic E-state index is 0.120. The lowest BCUT2D eigenvalue weighted by Gasteiger charge is -2.26. The number of ether oxygens (including phenoxy) is 2. The third-order valence-electron chi connectivity index (χ3n) is 4.80. The smallest absolute Gasteiger partial charge is 0.406 e. The molecule has 1 fully saturated rings. The Morgan fingerprint density at radius 1 is 1.33 bits per heavy atom. The van der Waals surface area contributed by atoms with Crippen molar-refractivity contribution in [2.24, 2.45) is 5.41 Å². The average molecular weight is 530 g/mol. The van der Waals surface area contributed by atoms with Gasteiger partial charge in [0.1, 0.15) is 26.1 Å². The van der Waals surface area contributed by atoms with E-state index in [1.807, 2.05) is 0 Å². The molecule has 0 amide bonds. The molecule has 1 rings (SSSR count). The summed E-state index contributed by atoms with van der Waals surface area (Å²) in [6.07, 6.45) is -2.58. The van der Waals surface area contributed by atoms with Gasteiger partial charge in [-0.1, -0.05) is 11.8 Å². The van der Waals surface area contributed by atoms with Crippen LogP contribution in [0.25, 0.3) is 0 Å². The summed E-state index contributed by atoms with van der Waals surface area (Å²) in [4.78, 5) is 23.0. The topological polar surface area (TPSA) is 141 Å². The third kappa shape index (κ3) is 9.09. The number of aliphatic hydroxyl groups is 2. The summed E-state index contributed by atoms with van der Waals surface area (Å²) in [5.41, 5.74) is -0.929. The second-order valence-corrected chi connectivity index (χ2v) is 12.5. The van der Waals surface area contributed by atoms with Crippen LogP contribution in [-0.4, -0.2) is 89.9 Å². The van der Waals surface area contributed by atoms with Crippen molar-refractivity contribution in [1.82, 2.24) is 5.09 Å². The van der Waals surface area contributed by atoms with Crippen LogP contribution in [0.15, 0.2) is 0 Å². The molecule has 14 heteroatoms. The second-order valence-electron chi connectivity index (χ2n) is 8.83. The first kappa shape index (κ1) is 30.9. The number of alkyl halides is 1. The van der Waals surface area contributed by atoms with E-state index in [1.54, 1.807) is 27.7 Å². The van der Waals surface area contributed by atoms with Crippen molar-refractivity contribution >= 4 is 50.0 Å². The minimum Gasteiger partial charge on any atom is -0.462 e. The lowest BCUT2D eigenvalue weighted by molar-refractivity contribution is -0.149. The zero-order chi connectivity index (χ0) is 25.6. The van der Waals surface area contributed by atoms with Gasteiger partial charge < -0.3 is 19.7 Å². The van der Waals surface area contributed by atoms with Gasteiger partial charge in [-0.3, -0.25) is 18.6 Å². The molecule has 0 spiro atoms. The summed E-state index contributed by atoms with van der Waals surface area (Å²) in [7, 11) is 1.65. The molecule has 33 heavy (non-hydrogen) atoms. The first-order chi connectivity index (χ1) is 15.1. The van der Waals surface area contributed by atoms with Crippen LogP contribution in [0.3, 0.4) is 0 Å². The van der Waals surface area contributed by atoms with Gasteiger partial charge in [-0.15, -0.1) is 11.6 Å². The van der Waals surface area contributed by atoms with Gasteiger partial charge >= 0.3 is 13.7 Å². The van der Waals surface area contributed by atoms with Crippen LogP contribution < -0.4 is 5.09 Å². The number of thioether (sulfide) groups is 1. The first-order valence-corrected chi connectivity index (χ1v) is 13.4. The van der Waals surface area contributed by atoms with E-state index in [-0.39, 0.29) is 30.2 Å². The molecule has 0 saturated carbocycles. The molecule has 0 aromatic heterocycles. The van der Waals surface area contributed by atoms with Gasteiger partial charge in [0.05, 0.1) is 36.2 Å². The summed E-state index contributed by atoms with van der Waals surface area (Å²) >= 11 is 7.09. The highest BCUT2D eigenvalue weighted by atomic mass is 35.5. The Morgan fingerprint density at radius 3 is 2.42 bits per heavy atom. The van der Waals surface area contributed by atoms with E-state index >= 15 is 0 Å². The van der Waals surface area contributed by atoms with E-state index in [0.29, 0.717) is 0 Å². The molecule has 2 radical (unpaired) electrons. The molecule has 1 aliphatic rings. The second kappa shape index (κ2) is 12.7. The van der Waals surface area contributed by atoms with E-state index in [9.17, 15) is 24.4 Å². The van der Waals surface area contributed by atoms with Crippen molar-refractivity contribution in [1.29, 1.82) is 0 Å². The highest BCUT2D eigenvalue weighted by molar-refractivity contribution is 8.13. The number of halogens is 1. The number of hydrogen-bond acceptors (Lipinski definition) is 10. The van der Waals surface area contributed by atoms with Gasteiger partial charge in [0.25, 0.3) is 0 Å². The Hall–Kier alpha value is -0.165. The van der Waals surface area contributed by atoms with E-state index < -0.39 is 54.9 Å². The average Bonchev–Trinajstić information content (AvgIpc) is 2.91. The zero-order valence-corrected chi connectivity index (χ0v) is 22.2. The fraction of sp³-hybridized carbons (Fsp3) is 0.895. The van der Waals surface area contributed by atoms with Crippen LogP contribution in [0, 0.1) is 5.41 Å². The van der Waals surface area contributed by atoms with E-state index in [1.165, 1.54) is 13.8 Å². The molecule has 0 aromatic carbocycles. The number of nitrogens with one attached hydrogen (secondary N) is 1. The van der Waals surface area contributed by atoms with Crippen molar-refractivity contribution in [3.63, 3.8) is 0 Å². The summed E-state index contributed by atoms with van der Waals surface area (Å²) in [6.45, 7) is 8.60. The maximum absolute atomic E-state index is 13.3.